The van der Waals surface area contributed by atoms with Crippen molar-refractivity contribution in [3.8, 4) is 5.75 Å². The monoisotopic (exact) mass is 852 g/mol. The SMILES string of the molecule is CC1(CN(CC(=O)N(Cc2cc(C3CC3)cc(C3CC3)c2)c2ccc(C(=O)O)cc2OC2CCOCC2)S(=O)(=O)c2c(F)c(F)c(F)c(F)c2F)CC=C(F)C=C1Cl. The second-order valence-electron chi connectivity index (χ2n) is 15.5. The third kappa shape index (κ3) is 8.66. The molecule has 1 saturated heterocycles. The lowest BCUT2D eigenvalue weighted by atomic mass is 9.83. The van der Waals surface area contributed by atoms with Crippen molar-refractivity contribution in [2.75, 3.05) is 31.2 Å². The molecule has 2 saturated carbocycles. The maximum absolute atomic E-state index is 15.3. The topological polar surface area (TPSA) is 113 Å². The lowest BCUT2D eigenvalue weighted by Crippen LogP contribution is -2.47. The van der Waals surface area contributed by atoms with Crippen LogP contribution in [0.2, 0.25) is 0 Å². The van der Waals surface area contributed by atoms with Gasteiger partial charge in [-0.15, -0.1) is 0 Å². The Morgan fingerprint density at radius 2 is 1.47 bits per heavy atom. The number of carboxylic acids is 1. The van der Waals surface area contributed by atoms with Crippen LogP contribution in [-0.2, 0) is 26.1 Å². The summed E-state index contributed by atoms with van der Waals surface area (Å²) in [7, 11) is -5.79. The van der Waals surface area contributed by atoms with Crippen LogP contribution < -0.4 is 9.64 Å². The molecule has 3 aliphatic carbocycles. The van der Waals surface area contributed by atoms with Crippen molar-refractivity contribution in [3.63, 3.8) is 0 Å². The zero-order valence-corrected chi connectivity index (χ0v) is 32.8. The predicted octanol–water partition coefficient (Wildman–Crippen LogP) is 9.00. The number of rotatable bonds is 14. The van der Waals surface area contributed by atoms with Crippen molar-refractivity contribution >= 4 is 39.2 Å². The Kier molecular flexibility index (Phi) is 11.8. The standard InChI is InChI=1S/C41H39ClF6N2O7S/c1-41(11-8-28(43)18-32(41)42)21-49(58(54,55)39-37(47)35(45)34(44)36(46)38(39)48)20-33(51)50(19-22-14-26(23-2-3-23)16-27(15-22)24-4-5-24)30-7-6-25(40(52)53)17-31(30)57-29-9-12-56-13-10-29/h6-8,14-18,23-24,29H,2-5,9-13,19-21H2,1H3,(H,52,53). The number of amides is 1. The van der Waals surface area contributed by atoms with Crippen LogP contribution in [0, 0.1) is 34.5 Å². The molecule has 1 atom stereocenters. The quantitative estimate of drug-likeness (QED) is 0.0979. The Bertz CT molecular complexity index is 2270. The molecule has 0 aromatic heterocycles. The average Bonchev–Trinajstić information content (AvgIpc) is 4.12. The summed E-state index contributed by atoms with van der Waals surface area (Å²) in [5, 5.41) is 9.65. The van der Waals surface area contributed by atoms with Gasteiger partial charge in [0.1, 0.15) is 17.7 Å². The Hall–Kier alpha value is -4.38. The van der Waals surface area contributed by atoms with Crippen LogP contribution in [0.5, 0.6) is 5.75 Å². The maximum Gasteiger partial charge on any atom is 0.335 e. The molecular formula is C41H39ClF6N2O7S. The van der Waals surface area contributed by atoms with Crippen molar-refractivity contribution in [1.82, 2.24) is 4.31 Å². The second-order valence-corrected chi connectivity index (χ2v) is 17.8. The molecule has 0 bridgehead atoms. The second kappa shape index (κ2) is 16.3. The van der Waals surface area contributed by atoms with Crippen molar-refractivity contribution in [2.24, 2.45) is 5.41 Å². The zero-order chi connectivity index (χ0) is 41.7. The van der Waals surface area contributed by atoms with Gasteiger partial charge in [-0.05, 0) is 91.0 Å². The largest absolute Gasteiger partial charge is 0.488 e. The number of hydrogen-bond donors (Lipinski definition) is 1. The van der Waals surface area contributed by atoms with Gasteiger partial charge in [0.25, 0.3) is 0 Å². The first-order valence-electron chi connectivity index (χ1n) is 18.8. The molecule has 1 N–H and O–H groups in total. The minimum absolute atomic E-state index is 0.0201. The molecule has 58 heavy (non-hydrogen) atoms. The lowest BCUT2D eigenvalue weighted by molar-refractivity contribution is -0.119. The van der Waals surface area contributed by atoms with Crippen LogP contribution in [0.1, 0.15) is 90.8 Å². The number of allylic oxidation sites excluding steroid dienone is 3. The summed E-state index contributed by atoms with van der Waals surface area (Å²) in [6.45, 7) is -0.275. The molecule has 3 fully saturated rings. The van der Waals surface area contributed by atoms with Gasteiger partial charge < -0.3 is 19.5 Å². The number of halogens is 7. The fraction of sp³-hybridized carbons (Fsp3) is 0.415. The van der Waals surface area contributed by atoms with E-state index in [2.05, 4.69) is 6.07 Å². The van der Waals surface area contributed by atoms with Crippen molar-refractivity contribution < 1.29 is 58.9 Å². The van der Waals surface area contributed by atoms with Crippen molar-refractivity contribution in [2.45, 2.75) is 81.2 Å². The highest BCUT2D eigenvalue weighted by molar-refractivity contribution is 7.89. The smallest absolute Gasteiger partial charge is 0.335 e. The van der Waals surface area contributed by atoms with E-state index in [-0.39, 0.29) is 39.3 Å². The first kappa shape index (κ1) is 41.8. The first-order valence-corrected chi connectivity index (χ1v) is 20.6. The molecule has 9 nitrogen and oxygen atoms in total. The summed E-state index contributed by atoms with van der Waals surface area (Å²) in [5.74, 6) is -15.5. The minimum atomic E-state index is -5.79. The number of aromatic carboxylic acids is 1. The molecule has 17 heteroatoms. The molecule has 1 aliphatic heterocycles. The van der Waals surface area contributed by atoms with E-state index in [4.69, 9.17) is 21.1 Å². The van der Waals surface area contributed by atoms with Crippen LogP contribution in [0.4, 0.5) is 32.0 Å². The van der Waals surface area contributed by atoms with Crippen LogP contribution in [0.25, 0.3) is 0 Å². The highest BCUT2D eigenvalue weighted by Crippen LogP contribution is 2.46. The third-order valence-electron chi connectivity index (χ3n) is 10.9. The van der Waals surface area contributed by atoms with Crippen LogP contribution >= 0.6 is 11.6 Å². The molecule has 0 radical (unpaired) electrons. The number of ether oxygens (including phenoxy) is 2. The molecule has 4 aliphatic rings. The average molecular weight is 853 g/mol. The molecule has 0 spiro atoms. The number of benzene rings is 3. The van der Waals surface area contributed by atoms with Crippen LogP contribution in [0.15, 0.2) is 64.3 Å². The molecule has 310 valence electrons. The Labute approximate surface area is 335 Å². The molecule has 3 aromatic rings. The molecule has 1 heterocycles. The van der Waals surface area contributed by atoms with Gasteiger partial charge in [-0.3, -0.25) is 4.79 Å². The van der Waals surface area contributed by atoms with Gasteiger partial charge in [0.15, 0.2) is 28.2 Å². The number of carbonyl (C=O) groups excluding carboxylic acids is 1. The van der Waals surface area contributed by atoms with Gasteiger partial charge in [-0.2, -0.15) is 4.31 Å². The maximum atomic E-state index is 15.3. The van der Waals surface area contributed by atoms with E-state index in [0.717, 1.165) is 53.9 Å². The zero-order valence-electron chi connectivity index (χ0n) is 31.2. The highest BCUT2D eigenvalue weighted by atomic mass is 35.5. The minimum Gasteiger partial charge on any atom is -0.488 e. The van der Waals surface area contributed by atoms with E-state index in [9.17, 15) is 40.7 Å². The van der Waals surface area contributed by atoms with Gasteiger partial charge in [0, 0.05) is 29.8 Å². The number of carbonyl (C=O) groups is 2. The molecule has 3 aromatic carbocycles. The number of nitrogens with zero attached hydrogens (tertiary/aromatic N) is 2. The van der Waals surface area contributed by atoms with E-state index in [1.807, 2.05) is 12.1 Å². The first-order chi connectivity index (χ1) is 27.5. The fourth-order valence-electron chi connectivity index (χ4n) is 7.28. The molecule has 1 unspecified atom stereocenters. The van der Waals surface area contributed by atoms with Crippen molar-refractivity contribution in [1.29, 1.82) is 0 Å². The Balaban J connectivity index is 1.35. The highest BCUT2D eigenvalue weighted by Gasteiger charge is 2.43. The predicted molar refractivity (Wildman–Crippen MR) is 200 cm³/mol. The van der Waals surface area contributed by atoms with Crippen molar-refractivity contribution in [3.05, 3.63) is 111 Å². The van der Waals surface area contributed by atoms with E-state index >= 15 is 8.78 Å². The normalized spacial score (nSPS) is 20.2. The Morgan fingerprint density at radius 1 is 0.879 bits per heavy atom. The van der Waals surface area contributed by atoms with Gasteiger partial charge in [0.05, 0.1) is 37.6 Å². The molecule has 1 amide bonds. The lowest BCUT2D eigenvalue weighted by Gasteiger charge is -2.36. The number of hydrogen-bond acceptors (Lipinski definition) is 6. The van der Waals surface area contributed by atoms with Gasteiger partial charge in [-0.25, -0.2) is 39.6 Å². The van der Waals surface area contributed by atoms with Gasteiger partial charge in [0.2, 0.25) is 21.7 Å². The number of anilines is 1. The van der Waals surface area contributed by atoms with Gasteiger partial charge in [-0.1, -0.05) is 36.7 Å². The summed E-state index contributed by atoms with van der Waals surface area (Å²) in [5.41, 5.74) is 1.03. The fourth-order valence-corrected chi connectivity index (χ4v) is 9.14. The Morgan fingerprint density at radius 3 is 2.02 bits per heavy atom. The van der Waals surface area contributed by atoms with Gasteiger partial charge >= 0.3 is 5.97 Å². The summed E-state index contributed by atoms with van der Waals surface area (Å²) in [6, 6.07) is 9.74. The van der Waals surface area contributed by atoms with E-state index < -0.39 is 86.3 Å². The summed E-state index contributed by atoms with van der Waals surface area (Å²) in [4.78, 5) is 26.0. The summed E-state index contributed by atoms with van der Waals surface area (Å²) >= 11 is 6.41. The molecule has 7 rings (SSSR count). The third-order valence-corrected chi connectivity index (χ3v) is 13.3. The number of sulfonamides is 1. The van der Waals surface area contributed by atoms with E-state index in [1.165, 1.54) is 25.1 Å². The summed E-state index contributed by atoms with van der Waals surface area (Å²) < 4.78 is 129. The van der Waals surface area contributed by atoms with E-state index in [0.29, 0.717) is 43.5 Å². The van der Waals surface area contributed by atoms with E-state index in [1.54, 1.807) is 0 Å². The van der Waals surface area contributed by atoms with Crippen LogP contribution in [-0.4, -0.2) is 62.1 Å². The van der Waals surface area contributed by atoms with Crippen LogP contribution in [0.3, 0.4) is 0 Å². The number of carboxylic acid groups (broad SMARTS) is 1. The molecular weight excluding hydrogens is 814 g/mol. The summed E-state index contributed by atoms with van der Waals surface area (Å²) in [6.07, 6.45) is 5.94.